The Morgan fingerprint density at radius 1 is 0.731 bits per heavy atom. The van der Waals surface area contributed by atoms with Crippen LogP contribution in [-0.2, 0) is 0 Å². The molecule has 0 aliphatic heterocycles. The summed E-state index contributed by atoms with van der Waals surface area (Å²) in [5.41, 5.74) is 0. The highest BCUT2D eigenvalue weighted by atomic mass is 19.4. The molecule has 152 valence electrons. The second-order valence-electron chi connectivity index (χ2n) is 4.14. The van der Waals surface area contributed by atoms with Crippen LogP contribution in [0.3, 0.4) is 0 Å². The van der Waals surface area contributed by atoms with Crippen molar-refractivity contribution in [3.8, 4) is 11.5 Å². The summed E-state index contributed by atoms with van der Waals surface area (Å²) >= 11 is 0. The second kappa shape index (κ2) is 9.07. The van der Waals surface area contributed by atoms with Crippen molar-refractivity contribution in [1.82, 2.24) is 0 Å². The molecule has 0 radical (unpaired) electrons. The number of hydrogen-bond donors (Lipinski definition) is 0. The van der Waals surface area contributed by atoms with Gasteiger partial charge in [-0.2, -0.15) is 35.1 Å². The van der Waals surface area contributed by atoms with Gasteiger partial charge in [0.2, 0.25) is 6.86 Å². The van der Waals surface area contributed by atoms with E-state index in [1.807, 2.05) is 0 Å². The van der Waals surface area contributed by atoms with Crippen LogP contribution >= 0.6 is 0 Å². The molecule has 1 unspecified atom stereocenters. The highest BCUT2D eigenvalue weighted by molar-refractivity contribution is 5.31. The summed E-state index contributed by atoms with van der Waals surface area (Å²) in [5.74, 6) is -0.770. The molecule has 1 atom stereocenters. The molecule has 0 fully saturated rings. The Labute approximate surface area is 137 Å². The molecular weight excluding hydrogens is 404 g/mol. The van der Waals surface area contributed by atoms with Gasteiger partial charge in [-0.05, 0) is 24.3 Å². The Morgan fingerprint density at radius 2 is 1.12 bits per heavy atom. The van der Waals surface area contributed by atoms with Gasteiger partial charge in [0.05, 0.1) is 0 Å². The lowest BCUT2D eigenvalue weighted by Crippen LogP contribution is -2.45. The van der Waals surface area contributed by atoms with Crippen LogP contribution < -0.4 is 9.47 Å². The molecular formula is C12H8F12O2. The van der Waals surface area contributed by atoms with E-state index in [-0.39, 0.29) is 5.75 Å². The van der Waals surface area contributed by atoms with E-state index < -0.39 is 43.7 Å². The summed E-state index contributed by atoms with van der Waals surface area (Å²) in [5, 5.41) is 0. The Hall–Kier alpha value is -2.02. The Morgan fingerprint density at radius 3 is 1.42 bits per heavy atom. The van der Waals surface area contributed by atoms with Gasteiger partial charge < -0.3 is 9.47 Å². The quantitative estimate of drug-likeness (QED) is 0.580. The fourth-order valence-electron chi connectivity index (χ4n) is 1.07. The van der Waals surface area contributed by atoms with Crippen LogP contribution in [0.5, 0.6) is 11.5 Å². The minimum atomic E-state index is -5.75. The molecule has 0 heterocycles. The lowest BCUT2D eigenvalue weighted by molar-refractivity contribution is -0.305. The van der Waals surface area contributed by atoms with Gasteiger partial charge in [-0.25, -0.2) is 17.6 Å². The third-order valence-electron chi connectivity index (χ3n) is 2.13. The first kappa shape index (κ1) is 24.0. The van der Waals surface area contributed by atoms with Crippen molar-refractivity contribution >= 4 is 0 Å². The Bertz CT molecular complexity index is 522. The standard InChI is InChI=1S/C10H7F7O2.C2HF5/c11-5-18-6-1-3-7(4-2-6)19-10(16,17)8(12)9(13,14)15;3-1(4)2(5,6)7/h1-4,8H,5H2;1H. The second-order valence-corrected chi connectivity index (χ2v) is 4.14. The van der Waals surface area contributed by atoms with E-state index in [1.54, 1.807) is 0 Å². The molecule has 2 nitrogen and oxygen atoms in total. The number of alkyl halides is 12. The minimum Gasteiger partial charge on any atom is -0.463 e. The Kier molecular flexibility index (Phi) is 8.37. The van der Waals surface area contributed by atoms with Crippen LogP contribution in [-0.4, -0.2) is 37.9 Å². The topological polar surface area (TPSA) is 18.5 Å². The van der Waals surface area contributed by atoms with E-state index >= 15 is 0 Å². The first-order valence-electron chi connectivity index (χ1n) is 6.02. The monoisotopic (exact) mass is 412 g/mol. The number of halogens is 12. The number of rotatable bonds is 5. The van der Waals surface area contributed by atoms with Crippen LogP contribution in [0.4, 0.5) is 52.7 Å². The lowest BCUT2D eigenvalue weighted by atomic mass is 10.3. The summed E-state index contributed by atoms with van der Waals surface area (Å²) in [7, 11) is 0. The van der Waals surface area contributed by atoms with Crippen molar-refractivity contribution < 1.29 is 62.2 Å². The first-order chi connectivity index (χ1) is 11.6. The predicted octanol–water partition coefficient (Wildman–Crippen LogP) is 5.68. The molecule has 0 bridgehead atoms. The maximum absolute atomic E-state index is 12.8. The molecule has 0 saturated carbocycles. The molecule has 0 amide bonds. The maximum Gasteiger partial charge on any atom is 0.450 e. The van der Waals surface area contributed by atoms with E-state index in [1.165, 1.54) is 0 Å². The molecule has 0 spiro atoms. The van der Waals surface area contributed by atoms with E-state index in [0.29, 0.717) is 0 Å². The van der Waals surface area contributed by atoms with Crippen LogP contribution in [0.15, 0.2) is 24.3 Å². The third-order valence-corrected chi connectivity index (χ3v) is 2.13. The normalized spacial score (nSPS) is 13.7. The summed E-state index contributed by atoms with van der Waals surface area (Å²) in [6.07, 6.45) is -24.8. The average Bonchev–Trinajstić information content (AvgIpc) is 2.47. The largest absolute Gasteiger partial charge is 0.463 e. The molecule has 0 aliphatic rings. The van der Waals surface area contributed by atoms with Crippen LogP contribution in [0.2, 0.25) is 0 Å². The van der Waals surface area contributed by atoms with E-state index in [0.717, 1.165) is 24.3 Å². The molecule has 0 saturated heterocycles. The highest BCUT2D eigenvalue weighted by Crippen LogP contribution is 2.36. The number of ether oxygens (including phenoxy) is 2. The van der Waals surface area contributed by atoms with Crippen molar-refractivity contribution in [3.05, 3.63) is 24.3 Å². The molecule has 0 aromatic heterocycles. The van der Waals surface area contributed by atoms with Crippen LogP contribution in [0.25, 0.3) is 0 Å². The van der Waals surface area contributed by atoms with Crippen molar-refractivity contribution in [1.29, 1.82) is 0 Å². The SMILES string of the molecule is FC(F)C(F)(F)F.FCOc1ccc(OC(F)(F)C(F)C(F)(F)F)cc1. The zero-order valence-electron chi connectivity index (χ0n) is 12.0. The van der Waals surface area contributed by atoms with Gasteiger partial charge in [-0.1, -0.05) is 0 Å². The minimum absolute atomic E-state index is 0.0502. The molecule has 1 aromatic carbocycles. The molecule has 26 heavy (non-hydrogen) atoms. The summed E-state index contributed by atoms with van der Waals surface area (Å²) in [4.78, 5) is 0. The zero-order valence-corrected chi connectivity index (χ0v) is 12.0. The molecule has 0 N–H and O–H groups in total. The summed E-state index contributed by atoms with van der Waals surface area (Å²) < 4.78 is 145. The van der Waals surface area contributed by atoms with Crippen LogP contribution in [0.1, 0.15) is 0 Å². The molecule has 14 heteroatoms. The fourth-order valence-corrected chi connectivity index (χ4v) is 1.07. The van der Waals surface area contributed by atoms with E-state index in [9.17, 15) is 52.7 Å². The first-order valence-corrected chi connectivity index (χ1v) is 6.02. The van der Waals surface area contributed by atoms with Gasteiger partial charge in [0.25, 0.3) is 6.17 Å². The van der Waals surface area contributed by atoms with Gasteiger partial charge in [-0.15, -0.1) is 0 Å². The molecule has 1 rings (SSSR count). The predicted molar refractivity (Wildman–Crippen MR) is 61.6 cm³/mol. The van der Waals surface area contributed by atoms with E-state index in [4.69, 9.17) is 0 Å². The number of benzene rings is 1. The average molecular weight is 412 g/mol. The van der Waals surface area contributed by atoms with E-state index in [2.05, 4.69) is 9.47 Å². The van der Waals surface area contributed by atoms with Crippen molar-refractivity contribution in [2.45, 2.75) is 31.1 Å². The maximum atomic E-state index is 12.8. The fraction of sp³-hybridized carbons (Fsp3) is 0.500. The highest BCUT2D eigenvalue weighted by Gasteiger charge is 2.59. The lowest BCUT2D eigenvalue weighted by Gasteiger charge is -2.23. The summed E-state index contributed by atoms with van der Waals surface area (Å²) in [6.45, 7) is -1.17. The van der Waals surface area contributed by atoms with Crippen molar-refractivity contribution in [2.24, 2.45) is 0 Å². The van der Waals surface area contributed by atoms with Crippen molar-refractivity contribution in [2.75, 3.05) is 6.86 Å². The smallest absolute Gasteiger partial charge is 0.450 e. The van der Waals surface area contributed by atoms with Gasteiger partial charge in [0, 0.05) is 0 Å². The van der Waals surface area contributed by atoms with Crippen molar-refractivity contribution in [3.63, 3.8) is 0 Å². The third kappa shape index (κ3) is 8.38. The van der Waals surface area contributed by atoms with Crippen LogP contribution in [0, 0.1) is 0 Å². The molecule has 0 aliphatic carbocycles. The summed E-state index contributed by atoms with van der Waals surface area (Å²) in [6, 6.07) is 3.54. The Balaban J connectivity index is 0.000000758. The zero-order chi connectivity index (χ0) is 20.8. The van der Waals surface area contributed by atoms with Gasteiger partial charge in [0.1, 0.15) is 11.5 Å². The van der Waals surface area contributed by atoms with Gasteiger partial charge >= 0.3 is 24.9 Å². The molecule has 1 aromatic rings. The van der Waals surface area contributed by atoms with Gasteiger partial charge in [0.15, 0.2) is 0 Å². The van der Waals surface area contributed by atoms with Gasteiger partial charge in [-0.3, -0.25) is 0 Å². The number of hydrogen-bond acceptors (Lipinski definition) is 2.